The van der Waals surface area contributed by atoms with Crippen molar-refractivity contribution in [2.24, 2.45) is 0 Å². The van der Waals surface area contributed by atoms with Crippen LogP contribution < -0.4 is 5.32 Å². The van der Waals surface area contributed by atoms with Crippen LogP contribution in [-0.2, 0) is 9.59 Å². The summed E-state index contributed by atoms with van der Waals surface area (Å²) < 4.78 is 0. The summed E-state index contributed by atoms with van der Waals surface area (Å²) in [5, 5.41) is 11.7. The Balaban J connectivity index is 2.14. The van der Waals surface area contributed by atoms with Crippen molar-refractivity contribution in [2.45, 2.75) is 12.3 Å². The first-order chi connectivity index (χ1) is 7.18. The van der Waals surface area contributed by atoms with E-state index in [9.17, 15) is 9.59 Å². The zero-order chi connectivity index (χ0) is 10.8. The van der Waals surface area contributed by atoms with Gasteiger partial charge in [0.1, 0.15) is 0 Å². The highest BCUT2D eigenvalue weighted by Gasteiger charge is 2.26. The van der Waals surface area contributed by atoms with Crippen molar-refractivity contribution in [3.05, 3.63) is 29.8 Å². The predicted molar refractivity (Wildman–Crippen MR) is 54.9 cm³/mol. The average Bonchev–Trinajstić information content (AvgIpc) is 2.62. The van der Waals surface area contributed by atoms with Crippen LogP contribution in [0, 0.1) is 0 Å². The second-order valence-electron chi connectivity index (χ2n) is 3.60. The topological polar surface area (TPSA) is 66.4 Å². The molecule has 15 heavy (non-hydrogen) atoms. The molecule has 0 aromatic heterocycles. The van der Waals surface area contributed by atoms with Gasteiger partial charge in [-0.2, -0.15) is 0 Å². The van der Waals surface area contributed by atoms with Gasteiger partial charge in [0.25, 0.3) is 0 Å². The Morgan fingerprint density at radius 3 is 2.87 bits per heavy atom. The summed E-state index contributed by atoms with van der Waals surface area (Å²) in [4.78, 5) is 21.5. The molecular weight excluding hydrogens is 194 g/mol. The average molecular weight is 205 g/mol. The number of nitrogens with one attached hydrogen (secondary N) is 1. The van der Waals surface area contributed by atoms with E-state index in [1.807, 2.05) is 24.3 Å². The predicted octanol–water partition coefficient (Wildman–Crippen LogP) is 1.24. The normalized spacial score (nSPS) is 18.0. The molecule has 1 aliphatic rings. The number of rotatable bonds is 3. The van der Waals surface area contributed by atoms with Gasteiger partial charge < -0.3 is 10.4 Å². The smallest absolute Gasteiger partial charge is 0.372 e. The number of hydrogen-bond donors (Lipinski definition) is 2. The van der Waals surface area contributed by atoms with Crippen molar-refractivity contribution in [1.82, 2.24) is 0 Å². The quantitative estimate of drug-likeness (QED) is 0.728. The number of fused-ring (bicyclic) bond motifs is 1. The van der Waals surface area contributed by atoms with Crippen LogP contribution in [0.25, 0.3) is 0 Å². The fourth-order valence-corrected chi connectivity index (χ4v) is 1.85. The van der Waals surface area contributed by atoms with Crippen molar-refractivity contribution in [3.8, 4) is 0 Å². The Labute approximate surface area is 86.9 Å². The number of carboxylic acid groups (broad SMARTS) is 1. The minimum absolute atomic E-state index is 0.00944. The third-order valence-corrected chi connectivity index (χ3v) is 2.61. The molecule has 78 valence electrons. The molecule has 0 bridgehead atoms. The molecule has 4 nitrogen and oxygen atoms in total. The second kappa shape index (κ2) is 3.73. The molecule has 1 heterocycles. The summed E-state index contributed by atoms with van der Waals surface area (Å²) in [6.07, 6.45) is 0.0688. The van der Waals surface area contributed by atoms with Gasteiger partial charge in [-0.25, -0.2) is 4.79 Å². The fourth-order valence-electron chi connectivity index (χ4n) is 1.85. The fraction of sp³-hybridized carbons (Fsp3) is 0.273. The maximum Gasteiger partial charge on any atom is 0.372 e. The van der Waals surface area contributed by atoms with Crippen LogP contribution in [0.5, 0.6) is 0 Å². The lowest BCUT2D eigenvalue weighted by molar-refractivity contribution is -0.149. The van der Waals surface area contributed by atoms with Crippen molar-refractivity contribution in [3.63, 3.8) is 0 Å². The summed E-state index contributed by atoms with van der Waals surface area (Å²) in [7, 11) is 0. The molecule has 1 aromatic rings. The summed E-state index contributed by atoms with van der Waals surface area (Å²) in [6, 6.07) is 7.66. The largest absolute Gasteiger partial charge is 0.476 e. The SMILES string of the molecule is O=C(O)C(=O)C[C@@H]1CNc2ccccc21. The maximum atomic E-state index is 11.1. The van der Waals surface area contributed by atoms with Gasteiger partial charge in [0.2, 0.25) is 5.78 Å². The van der Waals surface area contributed by atoms with Crippen LogP contribution in [0.1, 0.15) is 17.9 Å². The van der Waals surface area contributed by atoms with E-state index in [1.54, 1.807) is 0 Å². The van der Waals surface area contributed by atoms with Gasteiger partial charge in [0.05, 0.1) is 0 Å². The Morgan fingerprint density at radius 2 is 2.13 bits per heavy atom. The number of carbonyl (C=O) groups excluding carboxylic acids is 1. The monoisotopic (exact) mass is 205 g/mol. The number of hydrogen-bond acceptors (Lipinski definition) is 3. The van der Waals surface area contributed by atoms with Gasteiger partial charge >= 0.3 is 5.97 Å². The lowest BCUT2D eigenvalue weighted by Crippen LogP contribution is -2.17. The number of carbonyl (C=O) groups is 2. The van der Waals surface area contributed by atoms with Crippen LogP contribution >= 0.6 is 0 Å². The summed E-state index contributed by atoms with van der Waals surface area (Å²) in [6.45, 7) is 0.637. The highest BCUT2D eigenvalue weighted by molar-refractivity contribution is 6.32. The van der Waals surface area contributed by atoms with Crippen molar-refractivity contribution < 1.29 is 14.7 Å². The van der Waals surface area contributed by atoms with E-state index < -0.39 is 11.8 Å². The molecule has 1 atom stereocenters. The standard InChI is InChI=1S/C11H11NO3/c13-10(11(14)15)5-7-6-12-9-4-2-1-3-8(7)9/h1-4,7,12H,5-6H2,(H,14,15)/t7-/m1/s1. The van der Waals surface area contributed by atoms with Crippen LogP contribution in [0.3, 0.4) is 0 Å². The maximum absolute atomic E-state index is 11.1. The minimum Gasteiger partial charge on any atom is -0.476 e. The lowest BCUT2D eigenvalue weighted by Gasteiger charge is -2.06. The molecule has 1 aromatic carbocycles. The Kier molecular flexibility index (Phi) is 2.41. The van der Waals surface area contributed by atoms with Crippen molar-refractivity contribution >= 4 is 17.4 Å². The first-order valence-corrected chi connectivity index (χ1v) is 4.77. The van der Waals surface area contributed by atoms with Crippen LogP contribution in [-0.4, -0.2) is 23.4 Å². The number of aliphatic carboxylic acids is 1. The van der Waals surface area contributed by atoms with E-state index in [1.165, 1.54) is 0 Å². The van der Waals surface area contributed by atoms with E-state index in [0.717, 1.165) is 11.3 Å². The molecule has 2 N–H and O–H groups in total. The first kappa shape index (κ1) is 9.71. The van der Waals surface area contributed by atoms with Crippen molar-refractivity contribution in [2.75, 3.05) is 11.9 Å². The summed E-state index contributed by atoms with van der Waals surface area (Å²) in [5.41, 5.74) is 2.03. The van der Waals surface area contributed by atoms with E-state index in [0.29, 0.717) is 6.54 Å². The van der Waals surface area contributed by atoms with Crippen LogP contribution in [0.2, 0.25) is 0 Å². The third-order valence-electron chi connectivity index (χ3n) is 2.61. The zero-order valence-electron chi connectivity index (χ0n) is 8.06. The Bertz CT molecular complexity index is 414. The van der Waals surface area contributed by atoms with E-state index in [4.69, 9.17) is 5.11 Å². The molecule has 2 rings (SSSR count). The lowest BCUT2D eigenvalue weighted by atomic mass is 9.96. The van der Waals surface area contributed by atoms with E-state index in [-0.39, 0.29) is 12.3 Å². The third kappa shape index (κ3) is 1.83. The van der Waals surface area contributed by atoms with Gasteiger partial charge in [0.15, 0.2) is 0 Å². The second-order valence-corrected chi connectivity index (χ2v) is 3.60. The highest BCUT2D eigenvalue weighted by Crippen LogP contribution is 2.33. The molecule has 0 saturated carbocycles. The number of para-hydroxylation sites is 1. The molecule has 0 unspecified atom stereocenters. The first-order valence-electron chi connectivity index (χ1n) is 4.77. The van der Waals surface area contributed by atoms with E-state index >= 15 is 0 Å². The van der Waals surface area contributed by atoms with Gasteiger partial charge in [-0.15, -0.1) is 0 Å². The molecule has 0 radical (unpaired) electrons. The zero-order valence-corrected chi connectivity index (χ0v) is 8.06. The molecule has 1 aliphatic heterocycles. The molecule has 4 heteroatoms. The minimum atomic E-state index is -1.35. The van der Waals surface area contributed by atoms with Crippen LogP contribution in [0.15, 0.2) is 24.3 Å². The molecule has 0 spiro atoms. The molecular formula is C11H11NO3. The highest BCUT2D eigenvalue weighted by atomic mass is 16.4. The Morgan fingerprint density at radius 1 is 1.40 bits per heavy atom. The number of Topliss-reactive ketones (excluding diaryl/α,β-unsaturated/α-hetero) is 1. The number of carboxylic acids is 1. The number of benzene rings is 1. The van der Waals surface area contributed by atoms with Gasteiger partial charge in [-0.05, 0) is 11.6 Å². The summed E-state index contributed by atoms with van der Waals surface area (Å²) in [5.74, 6) is -2.08. The summed E-state index contributed by atoms with van der Waals surface area (Å²) >= 11 is 0. The molecule has 0 saturated heterocycles. The Hall–Kier alpha value is -1.84. The van der Waals surface area contributed by atoms with E-state index in [2.05, 4.69) is 5.32 Å². The van der Waals surface area contributed by atoms with Gasteiger partial charge in [-0.1, -0.05) is 18.2 Å². The molecule has 0 amide bonds. The molecule has 0 aliphatic carbocycles. The van der Waals surface area contributed by atoms with Crippen LogP contribution in [0.4, 0.5) is 5.69 Å². The van der Waals surface area contributed by atoms with Gasteiger partial charge in [-0.3, -0.25) is 4.79 Å². The molecule has 0 fully saturated rings. The number of ketones is 1. The van der Waals surface area contributed by atoms with Crippen molar-refractivity contribution in [1.29, 1.82) is 0 Å². The number of anilines is 1. The van der Waals surface area contributed by atoms with Gasteiger partial charge in [0, 0.05) is 24.6 Å².